The summed E-state index contributed by atoms with van der Waals surface area (Å²) in [5.74, 6) is 1.11. The molecule has 0 aliphatic heterocycles. The van der Waals surface area contributed by atoms with Crippen molar-refractivity contribution in [1.82, 2.24) is 19.5 Å². The maximum absolute atomic E-state index is 5.80. The Morgan fingerprint density at radius 1 is 0.743 bits per heavy atom. The number of unbranched alkanes of at least 4 members (excludes halogenated alkanes) is 1. The highest BCUT2D eigenvalue weighted by Crippen LogP contribution is 2.41. The number of hydrogen-bond donors (Lipinski definition) is 0. The molecule has 5 aromatic rings. The van der Waals surface area contributed by atoms with Crippen LogP contribution in [-0.4, -0.2) is 26.1 Å². The second-order valence-electron chi connectivity index (χ2n) is 8.40. The van der Waals surface area contributed by atoms with E-state index in [1.165, 1.54) is 0 Å². The Morgan fingerprint density at radius 3 is 1.86 bits per heavy atom. The van der Waals surface area contributed by atoms with Crippen molar-refractivity contribution in [1.29, 1.82) is 0 Å². The summed E-state index contributed by atoms with van der Waals surface area (Å²) in [6.45, 7) is 2.78. The summed E-state index contributed by atoms with van der Waals surface area (Å²) in [5, 5.41) is 0. The molecule has 0 bridgehead atoms. The van der Waals surface area contributed by atoms with Crippen molar-refractivity contribution in [2.75, 3.05) is 6.61 Å². The lowest BCUT2D eigenvalue weighted by Crippen LogP contribution is -2.36. The molecule has 0 fully saturated rings. The fourth-order valence-corrected chi connectivity index (χ4v) is 4.47. The minimum atomic E-state index is -0.621. The van der Waals surface area contributed by atoms with E-state index < -0.39 is 5.54 Å². The van der Waals surface area contributed by atoms with Gasteiger partial charge in [0.05, 0.1) is 12.9 Å². The van der Waals surface area contributed by atoms with Gasteiger partial charge >= 0.3 is 0 Å². The monoisotopic (exact) mass is 460 g/mol. The molecule has 0 saturated heterocycles. The highest BCUT2D eigenvalue weighted by molar-refractivity contribution is 5.54. The molecule has 5 rings (SSSR count). The van der Waals surface area contributed by atoms with Crippen LogP contribution in [-0.2, 0) is 5.54 Å². The van der Waals surface area contributed by atoms with Gasteiger partial charge in [-0.3, -0.25) is 0 Å². The van der Waals surface area contributed by atoms with Gasteiger partial charge in [-0.25, -0.2) is 9.97 Å². The van der Waals surface area contributed by atoms with E-state index >= 15 is 0 Å². The van der Waals surface area contributed by atoms with Gasteiger partial charge in [-0.1, -0.05) is 104 Å². The van der Waals surface area contributed by atoms with Crippen LogP contribution in [0.5, 0.6) is 5.88 Å². The summed E-state index contributed by atoms with van der Waals surface area (Å²) >= 11 is 0. The normalized spacial score (nSPS) is 11.3. The molecule has 2 aromatic heterocycles. The SMILES string of the molecule is CCCCOc1ccnc(-c2cn(C(c3ccccc3)(c3ccccc3)c3ccccc3)cn2)n1. The van der Waals surface area contributed by atoms with E-state index in [-0.39, 0.29) is 0 Å². The molecule has 3 aromatic carbocycles. The summed E-state index contributed by atoms with van der Waals surface area (Å²) in [5.41, 5.74) is 3.49. The first-order valence-electron chi connectivity index (χ1n) is 12.0. The number of ether oxygens (including phenoxy) is 1. The standard InChI is InChI=1S/C30H28N4O/c1-2-3-21-35-28-19-20-31-29(33-28)27-22-34(23-32-27)30(24-13-7-4-8-14-24,25-15-9-5-10-16-25)26-17-11-6-12-18-26/h4-20,22-23H,2-3,21H2,1H3. The minimum absolute atomic E-state index is 0.542. The van der Waals surface area contributed by atoms with E-state index in [0.717, 1.165) is 29.5 Å². The second kappa shape index (κ2) is 10.3. The van der Waals surface area contributed by atoms with E-state index in [1.807, 2.05) is 30.7 Å². The highest BCUT2D eigenvalue weighted by atomic mass is 16.5. The predicted octanol–water partition coefficient (Wildman–Crippen LogP) is 6.36. The highest BCUT2D eigenvalue weighted by Gasteiger charge is 2.38. The van der Waals surface area contributed by atoms with Crippen molar-refractivity contribution in [3.8, 4) is 17.4 Å². The van der Waals surface area contributed by atoms with Gasteiger partial charge in [-0.05, 0) is 23.1 Å². The van der Waals surface area contributed by atoms with Crippen LogP contribution < -0.4 is 4.74 Å². The topological polar surface area (TPSA) is 52.8 Å². The lowest BCUT2D eigenvalue weighted by molar-refractivity contribution is 0.297. The molecule has 5 nitrogen and oxygen atoms in total. The molecule has 0 radical (unpaired) electrons. The molecule has 0 aliphatic rings. The average molecular weight is 461 g/mol. The molecule has 0 N–H and O–H groups in total. The predicted molar refractivity (Wildman–Crippen MR) is 138 cm³/mol. The fourth-order valence-electron chi connectivity index (χ4n) is 4.47. The van der Waals surface area contributed by atoms with Gasteiger partial charge in [0.2, 0.25) is 5.88 Å². The van der Waals surface area contributed by atoms with Crippen LogP contribution in [0.25, 0.3) is 11.5 Å². The molecule has 2 heterocycles. The zero-order valence-electron chi connectivity index (χ0n) is 19.8. The minimum Gasteiger partial charge on any atom is -0.478 e. The second-order valence-corrected chi connectivity index (χ2v) is 8.40. The summed E-state index contributed by atoms with van der Waals surface area (Å²) in [4.78, 5) is 13.9. The lowest BCUT2D eigenvalue weighted by atomic mass is 9.77. The zero-order valence-corrected chi connectivity index (χ0v) is 19.8. The molecule has 0 aliphatic carbocycles. The Bertz CT molecular complexity index is 1250. The fraction of sp³-hybridized carbons (Fsp3) is 0.167. The molecular weight excluding hydrogens is 432 g/mol. The molecular formula is C30H28N4O. The van der Waals surface area contributed by atoms with Gasteiger partial charge < -0.3 is 9.30 Å². The van der Waals surface area contributed by atoms with Crippen molar-refractivity contribution in [3.05, 3.63) is 132 Å². The van der Waals surface area contributed by atoms with E-state index in [9.17, 15) is 0 Å². The van der Waals surface area contributed by atoms with Gasteiger partial charge in [0, 0.05) is 18.5 Å². The number of rotatable bonds is 9. The molecule has 174 valence electrons. The van der Waals surface area contributed by atoms with Crippen LogP contribution in [0.2, 0.25) is 0 Å². The maximum atomic E-state index is 5.80. The van der Waals surface area contributed by atoms with Gasteiger partial charge in [0.25, 0.3) is 0 Å². The lowest BCUT2D eigenvalue weighted by Gasteiger charge is -2.37. The quantitative estimate of drug-likeness (QED) is 0.190. The van der Waals surface area contributed by atoms with Crippen LogP contribution in [0.4, 0.5) is 0 Å². The number of imidazole rings is 1. The first-order chi connectivity index (χ1) is 17.3. The maximum Gasteiger partial charge on any atom is 0.216 e. The van der Waals surface area contributed by atoms with Gasteiger partial charge in [-0.15, -0.1) is 0 Å². The Kier molecular flexibility index (Phi) is 6.66. The van der Waals surface area contributed by atoms with E-state index in [0.29, 0.717) is 24.0 Å². The van der Waals surface area contributed by atoms with Crippen LogP contribution in [0.1, 0.15) is 36.5 Å². The summed E-state index contributed by atoms with van der Waals surface area (Å²) < 4.78 is 7.97. The average Bonchev–Trinajstić information content (AvgIpc) is 3.42. The van der Waals surface area contributed by atoms with Gasteiger partial charge in [-0.2, -0.15) is 4.98 Å². The van der Waals surface area contributed by atoms with E-state index in [1.54, 1.807) is 12.3 Å². The zero-order chi connectivity index (χ0) is 23.9. The van der Waals surface area contributed by atoms with Crippen LogP contribution in [0.3, 0.4) is 0 Å². The van der Waals surface area contributed by atoms with E-state index in [4.69, 9.17) is 9.72 Å². The molecule has 0 spiro atoms. The molecule has 0 amide bonds. The molecule has 0 atom stereocenters. The number of nitrogens with zero attached hydrogens (tertiary/aromatic N) is 4. The van der Waals surface area contributed by atoms with Crippen molar-refractivity contribution in [2.45, 2.75) is 25.3 Å². The Labute approximate surface area is 206 Å². The third-order valence-electron chi connectivity index (χ3n) is 6.15. The van der Waals surface area contributed by atoms with E-state index in [2.05, 4.69) is 94.3 Å². The van der Waals surface area contributed by atoms with Crippen molar-refractivity contribution < 1.29 is 4.74 Å². The van der Waals surface area contributed by atoms with Crippen LogP contribution >= 0.6 is 0 Å². The Hall–Kier alpha value is -4.25. The smallest absolute Gasteiger partial charge is 0.216 e. The van der Waals surface area contributed by atoms with Crippen LogP contribution in [0, 0.1) is 0 Å². The Balaban J connectivity index is 1.67. The number of aromatic nitrogens is 4. The first kappa shape index (κ1) is 22.5. The van der Waals surface area contributed by atoms with Gasteiger partial charge in [0.15, 0.2) is 5.82 Å². The molecule has 35 heavy (non-hydrogen) atoms. The summed E-state index contributed by atoms with van der Waals surface area (Å²) in [7, 11) is 0. The molecule has 0 saturated carbocycles. The third-order valence-corrected chi connectivity index (χ3v) is 6.15. The van der Waals surface area contributed by atoms with Crippen molar-refractivity contribution in [2.24, 2.45) is 0 Å². The number of benzene rings is 3. The van der Waals surface area contributed by atoms with Crippen molar-refractivity contribution in [3.63, 3.8) is 0 Å². The van der Waals surface area contributed by atoms with Gasteiger partial charge in [0.1, 0.15) is 11.2 Å². The third kappa shape index (κ3) is 4.45. The number of hydrogen-bond acceptors (Lipinski definition) is 4. The van der Waals surface area contributed by atoms with Crippen molar-refractivity contribution >= 4 is 0 Å². The molecule has 0 unspecified atom stereocenters. The van der Waals surface area contributed by atoms with Crippen LogP contribution in [0.15, 0.2) is 116 Å². The first-order valence-corrected chi connectivity index (χ1v) is 12.0. The molecule has 5 heteroatoms. The summed E-state index contributed by atoms with van der Waals surface area (Å²) in [6.07, 6.45) is 7.68. The largest absolute Gasteiger partial charge is 0.478 e. The Morgan fingerprint density at radius 2 is 1.31 bits per heavy atom. The summed E-state index contributed by atoms with van der Waals surface area (Å²) in [6, 6.07) is 33.4.